The molecule has 0 spiro atoms. The van der Waals surface area contributed by atoms with E-state index in [1.54, 1.807) is 7.11 Å². The van der Waals surface area contributed by atoms with Crippen molar-refractivity contribution >= 4 is 22.6 Å². The zero-order valence-electron chi connectivity index (χ0n) is 12.9. The lowest BCUT2D eigenvalue weighted by Crippen LogP contribution is -2.15. The molecule has 1 aromatic carbocycles. The molecule has 20 heavy (non-hydrogen) atoms. The normalized spacial score (nSPS) is 14.0. The van der Waals surface area contributed by atoms with Crippen molar-refractivity contribution in [3.63, 3.8) is 0 Å². The van der Waals surface area contributed by atoms with Gasteiger partial charge in [-0.1, -0.05) is 67.3 Å². The molecule has 0 saturated heterocycles. The monoisotopic (exact) mass is 390 g/mol. The Morgan fingerprint density at radius 3 is 2.65 bits per heavy atom. The number of halogens is 1. The van der Waals surface area contributed by atoms with Gasteiger partial charge in [-0.25, -0.2) is 0 Å². The van der Waals surface area contributed by atoms with Crippen molar-refractivity contribution in [2.45, 2.75) is 58.2 Å². The number of hydrogen-bond acceptors (Lipinski definition) is 2. The molecule has 1 rings (SSSR count). The molecule has 0 fully saturated rings. The van der Waals surface area contributed by atoms with Crippen LogP contribution in [0.4, 0.5) is 0 Å². The van der Waals surface area contributed by atoms with Gasteiger partial charge in [-0.3, -0.25) is 0 Å². The molecule has 0 heterocycles. The number of alkyl halides is 1. The number of benzene rings is 1. The number of methoxy groups -OCH3 is 1. The summed E-state index contributed by atoms with van der Waals surface area (Å²) in [4.78, 5) is 0. The molecule has 2 nitrogen and oxygen atoms in total. The first-order valence-electron chi connectivity index (χ1n) is 7.56. The standard InChI is InChI=1S/C17H27IO2/c1-4-5-6-7-9-14(2)20-17(13-18)15-10-8-11-16(12-15)19-3/h8,10-12,14,17H,4-7,9,13H2,1-3H3. The van der Waals surface area contributed by atoms with Crippen LogP contribution in [0.3, 0.4) is 0 Å². The second-order valence-corrected chi connectivity index (χ2v) is 6.10. The third-order valence-electron chi connectivity index (χ3n) is 3.47. The van der Waals surface area contributed by atoms with E-state index in [4.69, 9.17) is 9.47 Å². The molecule has 0 aromatic heterocycles. The highest BCUT2D eigenvalue weighted by Gasteiger charge is 2.15. The number of rotatable bonds is 10. The largest absolute Gasteiger partial charge is 0.497 e. The highest BCUT2D eigenvalue weighted by Crippen LogP contribution is 2.26. The van der Waals surface area contributed by atoms with Gasteiger partial charge >= 0.3 is 0 Å². The van der Waals surface area contributed by atoms with Gasteiger partial charge in [0.05, 0.1) is 19.3 Å². The Labute approximate surface area is 137 Å². The van der Waals surface area contributed by atoms with E-state index in [0.717, 1.165) is 16.6 Å². The van der Waals surface area contributed by atoms with E-state index in [-0.39, 0.29) is 6.10 Å². The minimum absolute atomic E-state index is 0.159. The molecule has 0 N–H and O–H groups in total. The van der Waals surface area contributed by atoms with Crippen molar-refractivity contribution in [3.8, 4) is 5.75 Å². The maximum absolute atomic E-state index is 6.20. The minimum atomic E-state index is 0.159. The van der Waals surface area contributed by atoms with Crippen LogP contribution in [0.2, 0.25) is 0 Å². The summed E-state index contributed by atoms with van der Waals surface area (Å²) in [6, 6.07) is 8.20. The molecule has 0 bridgehead atoms. The Morgan fingerprint density at radius 1 is 1.20 bits per heavy atom. The van der Waals surface area contributed by atoms with Crippen LogP contribution in [-0.2, 0) is 4.74 Å². The van der Waals surface area contributed by atoms with Crippen LogP contribution in [0.25, 0.3) is 0 Å². The predicted octanol–water partition coefficient (Wildman–Crippen LogP) is 5.55. The molecule has 3 heteroatoms. The van der Waals surface area contributed by atoms with E-state index in [1.165, 1.54) is 31.2 Å². The summed E-state index contributed by atoms with van der Waals surface area (Å²) in [6.45, 7) is 4.43. The van der Waals surface area contributed by atoms with E-state index in [9.17, 15) is 0 Å². The SMILES string of the molecule is CCCCCCC(C)OC(CI)c1cccc(OC)c1. The highest BCUT2D eigenvalue weighted by atomic mass is 127. The Morgan fingerprint density at radius 2 is 2.00 bits per heavy atom. The van der Waals surface area contributed by atoms with Crippen molar-refractivity contribution in [1.29, 1.82) is 0 Å². The fourth-order valence-corrected chi connectivity index (χ4v) is 2.97. The molecule has 0 aliphatic carbocycles. The number of unbranched alkanes of at least 4 members (excludes halogenated alkanes) is 3. The van der Waals surface area contributed by atoms with Crippen LogP contribution in [0, 0.1) is 0 Å². The first kappa shape index (κ1) is 17.8. The Kier molecular flexibility index (Phi) is 9.27. The van der Waals surface area contributed by atoms with Gasteiger partial charge in [0.25, 0.3) is 0 Å². The van der Waals surface area contributed by atoms with Gasteiger partial charge < -0.3 is 9.47 Å². The second-order valence-electron chi connectivity index (χ2n) is 5.22. The highest BCUT2D eigenvalue weighted by molar-refractivity contribution is 14.1. The van der Waals surface area contributed by atoms with Crippen molar-refractivity contribution in [1.82, 2.24) is 0 Å². The number of hydrogen-bond donors (Lipinski definition) is 0. The Balaban J connectivity index is 2.48. The lowest BCUT2D eigenvalue weighted by Gasteiger charge is -2.21. The molecule has 114 valence electrons. The number of ether oxygens (including phenoxy) is 2. The average molecular weight is 390 g/mol. The van der Waals surface area contributed by atoms with Crippen LogP contribution in [-0.4, -0.2) is 17.6 Å². The first-order chi connectivity index (χ1) is 9.71. The summed E-state index contributed by atoms with van der Waals surface area (Å²) in [7, 11) is 1.70. The van der Waals surface area contributed by atoms with Crippen molar-refractivity contribution < 1.29 is 9.47 Å². The first-order valence-corrected chi connectivity index (χ1v) is 9.09. The van der Waals surface area contributed by atoms with E-state index in [0.29, 0.717) is 6.10 Å². The van der Waals surface area contributed by atoms with Crippen LogP contribution < -0.4 is 4.74 Å². The van der Waals surface area contributed by atoms with Gasteiger partial charge in [-0.15, -0.1) is 0 Å². The molecule has 2 unspecified atom stereocenters. The second kappa shape index (κ2) is 10.4. The van der Waals surface area contributed by atoms with Crippen LogP contribution in [0.5, 0.6) is 5.75 Å². The molecular weight excluding hydrogens is 363 g/mol. The van der Waals surface area contributed by atoms with Gasteiger partial charge in [0.15, 0.2) is 0 Å². The molecule has 0 radical (unpaired) electrons. The zero-order valence-corrected chi connectivity index (χ0v) is 15.1. The Hall–Kier alpha value is -0.290. The molecule has 0 aliphatic rings. The molecule has 0 aliphatic heterocycles. The topological polar surface area (TPSA) is 18.5 Å². The molecule has 0 saturated carbocycles. The molecular formula is C17H27IO2. The summed E-state index contributed by atoms with van der Waals surface area (Å²) < 4.78 is 12.5. The fourth-order valence-electron chi connectivity index (χ4n) is 2.25. The Bertz CT molecular complexity index is 368. The van der Waals surface area contributed by atoms with Crippen molar-refractivity contribution in [2.24, 2.45) is 0 Å². The quantitative estimate of drug-likeness (QED) is 0.296. The van der Waals surface area contributed by atoms with Crippen molar-refractivity contribution in [2.75, 3.05) is 11.5 Å². The molecule has 1 aromatic rings. The zero-order chi connectivity index (χ0) is 14.8. The lowest BCUT2D eigenvalue weighted by molar-refractivity contribution is 0.00574. The average Bonchev–Trinajstić information content (AvgIpc) is 2.49. The van der Waals surface area contributed by atoms with Gasteiger partial charge in [0.1, 0.15) is 5.75 Å². The van der Waals surface area contributed by atoms with Crippen molar-refractivity contribution in [3.05, 3.63) is 29.8 Å². The predicted molar refractivity (Wildman–Crippen MR) is 93.9 cm³/mol. The van der Waals surface area contributed by atoms with Crippen LogP contribution in [0.1, 0.15) is 57.6 Å². The summed E-state index contributed by atoms with van der Waals surface area (Å²) in [5, 5.41) is 0. The maximum Gasteiger partial charge on any atom is 0.119 e. The minimum Gasteiger partial charge on any atom is -0.497 e. The van der Waals surface area contributed by atoms with E-state index < -0.39 is 0 Å². The third-order valence-corrected chi connectivity index (χ3v) is 4.27. The molecule has 2 atom stereocenters. The van der Waals surface area contributed by atoms with Crippen LogP contribution >= 0.6 is 22.6 Å². The van der Waals surface area contributed by atoms with E-state index >= 15 is 0 Å². The smallest absolute Gasteiger partial charge is 0.119 e. The summed E-state index contributed by atoms with van der Waals surface area (Å²) in [5.41, 5.74) is 1.21. The van der Waals surface area contributed by atoms with E-state index in [2.05, 4.69) is 48.6 Å². The summed E-state index contributed by atoms with van der Waals surface area (Å²) in [6.07, 6.45) is 6.83. The maximum atomic E-state index is 6.20. The summed E-state index contributed by atoms with van der Waals surface area (Å²) >= 11 is 2.40. The van der Waals surface area contributed by atoms with Crippen LogP contribution in [0.15, 0.2) is 24.3 Å². The van der Waals surface area contributed by atoms with Gasteiger partial charge in [0.2, 0.25) is 0 Å². The molecule has 0 amide bonds. The fraction of sp³-hybridized carbons (Fsp3) is 0.647. The van der Waals surface area contributed by atoms with E-state index in [1.807, 2.05) is 12.1 Å². The lowest BCUT2D eigenvalue weighted by atomic mass is 10.1. The summed E-state index contributed by atoms with van der Waals surface area (Å²) in [5.74, 6) is 0.900. The van der Waals surface area contributed by atoms with Gasteiger partial charge in [0, 0.05) is 4.43 Å². The third kappa shape index (κ3) is 6.44. The van der Waals surface area contributed by atoms with Gasteiger partial charge in [-0.05, 0) is 31.0 Å². The van der Waals surface area contributed by atoms with Gasteiger partial charge in [-0.2, -0.15) is 0 Å².